The van der Waals surface area contributed by atoms with Crippen LogP contribution in [-0.4, -0.2) is 42.4 Å². The molecule has 1 atom stereocenters. The maximum Gasteiger partial charge on any atom is 0.119 e. The van der Waals surface area contributed by atoms with E-state index in [0.717, 1.165) is 37.4 Å². The number of aliphatic hydroxyl groups is 1. The van der Waals surface area contributed by atoms with E-state index in [-0.39, 0.29) is 0 Å². The van der Waals surface area contributed by atoms with Crippen molar-refractivity contribution in [1.82, 2.24) is 4.90 Å². The van der Waals surface area contributed by atoms with E-state index < -0.39 is 5.60 Å². The van der Waals surface area contributed by atoms with E-state index in [1.807, 2.05) is 24.3 Å². The average molecular weight is 340 g/mol. The van der Waals surface area contributed by atoms with E-state index in [4.69, 9.17) is 4.74 Å². The molecule has 4 heteroatoms. The van der Waals surface area contributed by atoms with Crippen molar-refractivity contribution in [2.24, 2.45) is 0 Å². The van der Waals surface area contributed by atoms with Crippen LogP contribution >= 0.6 is 0 Å². The number of piperidine rings is 1. The summed E-state index contributed by atoms with van der Waals surface area (Å²) in [4.78, 5) is 2.46. The zero-order valence-corrected chi connectivity index (χ0v) is 15.1. The number of hydrogen-bond acceptors (Lipinski definition) is 4. The largest absolute Gasteiger partial charge is 0.497 e. The van der Waals surface area contributed by atoms with Gasteiger partial charge in [-0.3, -0.25) is 4.90 Å². The number of nitrogens with zero attached hydrogens (tertiary/aromatic N) is 1. The number of hydrogen-bond donors (Lipinski definition) is 2. The monoisotopic (exact) mass is 340 g/mol. The van der Waals surface area contributed by atoms with Crippen LogP contribution < -0.4 is 10.1 Å². The van der Waals surface area contributed by atoms with Crippen molar-refractivity contribution in [3.8, 4) is 5.75 Å². The molecule has 4 nitrogen and oxygen atoms in total. The van der Waals surface area contributed by atoms with E-state index in [1.165, 1.54) is 5.56 Å². The Morgan fingerprint density at radius 2 is 1.72 bits per heavy atom. The number of likely N-dealkylation sites (tertiary alicyclic amines) is 1. The molecule has 134 valence electrons. The van der Waals surface area contributed by atoms with Crippen LogP contribution in [0.1, 0.15) is 31.4 Å². The minimum absolute atomic E-state index is 0.389. The molecule has 25 heavy (non-hydrogen) atoms. The van der Waals surface area contributed by atoms with Gasteiger partial charge in [-0.2, -0.15) is 0 Å². The first-order chi connectivity index (χ1) is 12.1. The molecule has 3 rings (SSSR count). The van der Waals surface area contributed by atoms with Crippen molar-refractivity contribution in [1.29, 1.82) is 0 Å². The molecule has 0 saturated carbocycles. The molecule has 0 amide bonds. The van der Waals surface area contributed by atoms with Crippen LogP contribution in [0.15, 0.2) is 54.6 Å². The standard InChI is InChI=1S/C21H28N2O2/c1-17(18-6-4-3-5-7-18)23-14-12-21(24,13-15-23)16-22-19-8-10-20(25-2)11-9-19/h3-11,17,22,24H,12-16H2,1-2H3. The molecule has 2 aromatic carbocycles. The third kappa shape index (κ3) is 4.53. The summed E-state index contributed by atoms with van der Waals surface area (Å²) in [5, 5.41) is 14.2. The minimum atomic E-state index is -0.646. The number of anilines is 1. The third-order valence-electron chi connectivity index (χ3n) is 5.27. The van der Waals surface area contributed by atoms with Gasteiger partial charge in [0.15, 0.2) is 0 Å². The van der Waals surface area contributed by atoms with Gasteiger partial charge in [-0.1, -0.05) is 30.3 Å². The summed E-state index contributed by atoms with van der Waals surface area (Å²) >= 11 is 0. The van der Waals surface area contributed by atoms with Crippen molar-refractivity contribution < 1.29 is 9.84 Å². The van der Waals surface area contributed by atoms with Crippen LogP contribution in [0, 0.1) is 0 Å². The summed E-state index contributed by atoms with van der Waals surface area (Å²) < 4.78 is 5.17. The molecule has 1 heterocycles. The molecule has 1 aliphatic rings. The lowest BCUT2D eigenvalue weighted by Gasteiger charge is -2.41. The zero-order chi connectivity index (χ0) is 17.7. The van der Waals surface area contributed by atoms with E-state index in [2.05, 4.69) is 47.5 Å². The summed E-state index contributed by atoms with van der Waals surface area (Å²) in [6.07, 6.45) is 1.57. The van der Waals surface area contributed by atoms with Gasteiger partial charge in [0, 0.05) is 31.4 Å². The molecule has 0 radical (unpaired) electrons. The lowest BCUT2D eigenvalue weighted by Crippen LogP contribution is -2.48. The Morgan fingerprint density at radius 3 is 2.32 bits per heavy atom. The number of ether oxygens (including phenoxy) is 1. The summed E-state index contributed by atoms with van der Waals surface area (Å²) in [5.74, 6) is 0.840. The van der Waals surface area contributed by atoms with Gasteiger partial charge >= 0.3 is 0 Å². The van der Waals surface area contributed by atoms with Crippen LogP contribution in [0.2, 0.25) is 0 Å². The fourth-order valence-corrected chi connectivity index (χ4v) is 3.42. The van der Waals surface area contributed by atoms with Crippen LogP contribution in [0.4, 0.5) is 5.69 Å². The topological polar surface area (TPSA) is 44.7 Å². The minimum Gasteiger partial charge on any atom is -0.497 e. The second-order valence-corrected chi connectivity index (χ2v) is 6.93. The maximum absolute atomic E-state index is 10.9. The van der Waals surface area contributed by atoms with Gasteiger partial charge in [0.25, 0.3) is 0 Å². The van der Waals surface area contributed by atoms with Crippen molar-refractivity contribution in [3.05, 3.63) is 60.2 Å². The fourth-order valence-electron chi connectivity index (χ4n) is 3.42. The van der Waals surface area contributed by atoms with Crippen LogP contribution in [0.3, 0.4) is 0 Å². The Hall–Kier alpha value is -2.04. The van der Waals surface area contributed by atoms with Gasteiger partial charge in [0.2, 0.25) is 0 Å². The molecule has 1 saturated heterocycles. The molecule has 1 unspecified atom stereocenters. The normalized spacial score (nSPS) is 18.5. The molecule has 2 N–H and O–H groups in total. The average Bonchev–Trinajstić information content (AvgIpc) is 2.68. The summed E-state index contributed by atoms with van der Waals surface area (Å²) in [5.41, 5.74) is 1.70. The highest BCUT2D eigenvalue weighted by Gasteiger charge is 2.33. The Labute approximate surface area is 150 Å². The quantitative estimate of drug-likeness (QED) is 0.842. The first kappa shape index (κ1) is 17.8. The summed E-state index contributed by atoms with van der Waals surface area (Å²) in [6, 6.07) is 18.8. The molecule has 0 aliphatic carbocycles. The first-order valence-electron chi connectivity index (χ1n) is 8.99. The van der Waals surface area contributed by atoms with Gasteiger partial charge in [-0.15, -0.1) is 0 Å². The van der Waals surface area contributed by atoms with Crippen molar-refractivity contribution >= 4 is 5.69 Å². The molecule has 1 aliphatic heterocycles. The Bertz CT molecular complexity index is 649. The molecule has 2 aromatic rings. The predicted octanol–water partition coefficient (Wildman–Crippen LogP) is 3.70. The Balaban J connectivity index is 1.51. The maximum atomic E-state index is 10.9. The number of nitrogens with one attached hydrogen (secondary N) is 1. The molecular weight excluding hydrogens is 312 g/mol. The van der Waals surface area contributed by atoms with Gasteiger partial charge < -0.3 is 15.2 Å². The second-order valence-electron chi connectivity index (χ2n) is 6.93. The number of rotatable bonds is 6. The number of methoxy groups -OCH3 is 1. The van der Waals surface area contributed by atoms with Crippen molar-refractivity contribution in [3.63, 3.8) is 0 Å². The Morgan fingerprint density at radius 1 is 1.08 bits per heavy atom. The molecule has 0 aromatic heterocycles. The second kappa shape index (κ2) is 7.89. The SMILES string of the molecule is COc1ccc(NCC2(O)CCN(C(C)c3ccccc3)CC2)cc1. The lowest BCUT2D eigenvalue weighted by atomic mass is 9.90. The van der Waals surface area contributed by atoms with Gasteiger partial charge in [-0.25, -0.2) is 0 Å². The van der Waals surface area contributed by atoms with E-state index in [1.54, 1.807) is 7.11 Å². The third-order valence-corrected chi connectivity index (χ3v) is 5.27. The lowest BCUT2D eigenvalue weighted by molar-refractivity contribution is -0.0193. The van der Waals surface area contributed by atoms with Crippen molar-refractivity contribution in [2.75, 3.05) is 32.1 Å². The van der Waals surface area contributed by atoms with E-state index in [9.17, 15) is 5.11 Å². The van der Waals surface area contributed by atoms with Crippen LogP contribution in [-0.2, 0) is 0 Å². The van der Waals surface area contributed by atoms with Crippen LogP contribution in [0.25, 0.3) is 0 Å². The summed E-state index contributed by atoms with van der Waals surface area (Å²) in [7, 11) is 1.66. The van der Waals surface area contributed by atoms with Gasteiger partial charge in [0.05, 0.1) is 12.7 Å². The van der Waals surface area contributed by atoms with Gasteiger partial charge in [0.1, 0.15) is 5.75 Å². The first-order valence-corrected chi connectivity index (χ1v) is 8.99. The van der Waals surface area contributed by atoms with Crippen LogP contribution in [0.5, 0.6) is 5.75 Å². The number of benzene rings is 2. The summed E-state index contributed by atoms with van der Waals surface area (Å²) in [6.45, 7) is 4.65. The van der Waals surface area contributed by atoms with Crippen molar-refractivity contribution in [2.45, 2.75) is 31.4 Å². The van der Waals surface area contributed by atoms with E-state index >= 15 is 0 Å². The molecular formula is C21H28N2O2. The highest BCUT2D eigenvalue weighted by Crippen LogP contribution is 2.29. The fraction of sp³-hybridized carbons (Fsp3) is 0.429. The highest BCUT2D eigenvalue weighted by atomic mass is 16.5. The van der Waals surface area contributed by atoms with E-state index in [0.29, 0.717) is 12.6 Å². The Kier molecular flexibility index (Phi) is 5.61. The smallest absolute Gasteiger partial charge is 0.119 e. The zero-order valence-electron chi connectivity index (χ0n) is 15.1. The highest BCUT2D eigenvalue weighted by molar-refractivity contribution is 5.46. The predicted molar refractivity (Wildman–Crippen MR) is 102 cm³/mol. The molecule has 0 spiro atoms. The van der Waals surface area contributed by atoms with Gasteiger partial charge in [-0.05, 0) is 49.6 Å². The molecule has 1 fully saturated rings. The molecule has 0 bridgehead atoms.